The van der Waals surface area contributed by atoms with E-state index in [-0.39, 0.29) is 35.2 Å². The molecular formula is C20H14F6N4O3. The number of hydrogen-bond acceptors (Lipinski definition) is 6. The summed E-state index contributed by atoms with van der Waals surface area (Å²) < 4.78 is 85.8. The van der Waals surface area contributed by atoms with Gasteiger partial charge < -0.3 is 14.3 Å². The minimum Gasteiger partial charge on any atom is -0.438 e. The second-order valence-electron chi connectivity index (χ2n) is 6.92. The Morgan fingerprint density at radius 1 is 1.00 bits per heavy atom. The minimum absolute atomic E-state index is 0.174. The van der Waals surface area contributed by atoms with Crippen molar-refractivity contribution in [1.29, 1.82) is 0 Å². The summed E-state index contributed by atoms with van der Waals surface area (Å²) in [5, 5.41) is 7.26. The smallest absolute Gasteiger partial charge is 0.438 e. The third kappa shape index (κ3) is 5.35. The van der Waals surface area contributed by atoms with Crippen LogP contribution in [0.5, 0.6) is 11.5 Å². The van der Waals surface area contributed by atoms with Gasteiger partial charge in [0.05, 0.1) is 24.0 Å². The number of oxime groups is 1. The molecule has 174 valence electrons. The number of pyridine rings is 1. The highest BCUT2D eigenvalue weighted by molar-refractivity contribution is 5.79. The van der Waals surface area contributed by atoms with Gasteiger partial charge in [-0.3, -0.25) is 9.67 Å². The molecule has 4 rings (SSSR count). The molecule has 0 saturated heterocycles. The SMILES string of the molecule is Cn1nc(C(F)(F)F)cc1-c1ccc(OC2=NO[C@@H](c3ccc(OC(F)(F)F)cc3)C2)cn1. The van der Waals surface area contributed by atoms with Crippen LogP contribution < -0.4 is 9.47 Å². The lowest BCUT2D eigenvalue weighted by atomic mass is 10.1. The first-order valence-corrected chi connectivity index (χ1v) is 9.32. The number of benzene rings is 1. The van der Waals surface area contributed by atoms with E-state index in [4.69, 9.17) is 9.57 Å². The Labute approximate surface area is 182 Å². The first-order valence-electron chi connectivity index (χ1n) is 9.32. The first kappa shape index (κ1) is 22.4. The van der Waals surface area contributed by atoms with Gasteiger partial charge in [-0.2, -0.15) is 18.3 Å². The number of nitrogens with zero attached hydrogens (tertiary/aromatic N) is 4. The summed E-state index contributed by atoms with van der Waals surface area (Å²) >= 11 is 0. The fourth-order valence-electron chi connectivity index (χ4n) is 3.05. The second kappa shape index (κ2) is 8.30. The van der Waals surface area contributed by atoms with Crippen LogP contribution in [0.4, 0.5) is 26.3 Å². The van der Waals surface area contributed by atoms with Crippen molar-refractivity contribution in [3.05, 3.63) is 59.9 Å². The van der Waals surface area contributed by atoms with Crippen LogP contribution in [0.2, 0.25) is 0 Å². The molecule has 1 aliphatic heterocycles. The van der Waals surface area contributed by atoms with Crippen LogP contribution in [0.25, 0.3) is 11.4 Å². The zero-order valence-corrected chi connectivity index (χ0v) is 16.7. The lowest BCUT2D eigenvalue weighted by Gasteiger charge is -2.11. The van der Waals surface area contributed by atoms with Crippen LogP contribution in [0.1, 0.15) is 23.8 Å². The Balaban J connectivity index is 1.37. The zero-order chi connectivity index (χ0) is 23.8. The normalized spacial score (nSPS) is 16.3. The Bertz CT molecular complexity index is 1150. The molecule has 13 heteroatoms. The quantitative estimate of drug-likeness (QED) is 0.485. The molecule has 0 spiro atoms. The highest BCUT2D eigenvalue weighted by Crippen LogP contribution is 2.32. The highest BCUT2D eigenvalue weighted by Gasteiger charge is 2.35. The number of aryl methyl sites for hydroxylation is 1. The van der Waals surface area contributed by atoms with Crippen molar-refractivity contribution in [2.24, 2.45) is 12.2 Å². The number of halogens is 6. The van der Waals surface area contributed by atoms with Crippen LogP contribution in [-0.2, 0) is 18.1 Å². The van der Waals surface area contributed by atoms with Gasteiger partial charge in [0.2, 0.25) is 5.90 Å². The van der Waals surface area contributed by atoms with Crippen molar-refractivity contribution < 1.29 is 40.7 Å². The molecule has 33 heavy (non-hydrogen) atoms. The maximum atomic E-state index is 12.8. The molecular weight excluding hydrogens is 458 g/mol. The third-order valence-corrected chi connectivity index (χ3v) is 4.53. The predicted octanol–water partition coefficient (Wildman–Crippen LogP) is 5.25. The van der Waals surface area contributed by atoms with Crippen molar-refractivity contribution in [2.45, 2.75) is 25.1 Å². The van der Waals surface area contributed by atoms with Gasteiger partial charge in [0.25, 0.3) is 0 Å². The molecule has 3 aromatic rings. The summed E-state index contributed by atoms with van der Waals surface area (Å²) in [6, 6.07) is 9.04. The molecule has 0 saturated carbocycles. The Morgan fingerprint density at radius 3 is 2.27 bits per heavy atom. The molecule has 0 unspecified atom stereocenters. The van der Waals surface area contributed by atoms with Crippen molar-refractivity contribution in [1.82, 2.24) is 14.8 Å². The van der Waals surface area contributed by atoms with Crippen molar-refractivity contribution in [2.75, 3.05) is 0 Å². The number of aromatic nitrogens is 3. The standard InChI is InChI=1S/C20H14F6N4O3/c1-30-15(8-17(28-30)19(21,22)23)14-7-6-13(10-27-14)31-18-9-16(33-29-18)11-2-4-12(5-3-11)32-20(24,25)26/h2-8,10,16H,9H2,1H3/t16-/m1/s1. The van der Waals surface area contributed by atoms with Gasteiger partial charge in [-0.1, -0.05) is 17.3 Å². The Morgan fingerprint density at radius 2 is 1.70 bits per heavy atom. The average molecular weight is 472 g/mol. The maximum absolute atomic E-state index is 12.8. The fraction of sp³-hybridized carbons (Fsp3) is 0.250. The van der Waals surface area contributed by atoms with E-state index in [1.54, 1.807) is 0 Å². The molecule has 7 nitrogen and oxygen atoms in total. The van der Waals surface area contributed by atoms with Crippen molar-refractivity contribution >= 4 is 5.90 Å². The van der Waals surface area contributed by atoms with Crippen molar-refractivity contribution in [3.8, 4) is 22.9 Å². The summed E-state index contributed by atoms with van der Waals surface area (Å²) in [7, 11) is 1.38. The van der Waals surface area contributed by atoms with Gasteiger partial charge in [-0.15, -0.1) is 13.2 Å². The summed E-state index contributed by atoms with van der Waals surface area (Å²) in [6.07, 6.45) is -8.40. The molecule has 0 aliphatic carbocycles. The summed E-state index contributed by atoms with van der Waals surface area (Å²) in [4.78, 5) is 9.38. The molecule has 0 N–H and O–H groups in total. The molecule has 0 radical (unpaired) electrons. The van der Waals surface area contributed by atoms with E-state index in [1.807, 2.05) is 0 Å². The molecule has 0 bridgehead atoms. The topological polar surface area (TPSA) is 70.8 Å². The van der Waals surface area contributed by atoms with Crippen LogP contribution >= 0.6 is 0 Å². The average Bonchev–Trinajstić information content (AvgIpc) is 3.35. The third-order valence-electron chi connectivity index (χ3n) is 4.53. The Hall–Kier alpha value is -3.77. The van der Waals surface area contributed by atoms with Crippen LogP contribution in [0, 0.1) is 0 Å². The molecule has 1 aromatic carbocycles. The molecule has 3 heterocycles. The monoisotopic (exact) mass is 472 g/mol. The molecule has 0 amide bonds. The molecule has 2 aromatic heterocycles. The molecule has 1 aliphatic rings. The van der Waals surface area contributed by atoms with Gasteiger partial charge in [0.15, 0.2) is 11.8 Å². The van der Waals surface area contributed by atoms with E-state index >= 15 is 0 Å². The van der Waals surface area contributed by atoms with E-state index in [0.717, 1.165) is 22.9 Å². The lowest BCUT2D eigenvalue weighted by molar-refractivity contribution is -0.274. The van der Waals surface area contributed by atoms with Gasteiger partial charge >= 0.3 is 12.5 Å². The lowest BCUT2D eigenvalue weighted by Crippen LogP contribution is -2.17. The molecule has 0 fully saturated rings. The number of ether oxygens (including phenoxy) is 2. The van der Waals surface area contributed by atoms with E-state index in [0.29, 0.717) is 5.56 Å². The van der Waals surface area contributed by atoms with E-state index < -0.39 is 24.3 Å². The summed E-state index contributed by atoms with van der Waals surface area (Å²) in [5.74, 6) is 0.113. The van der Waals surface area contributed by atoms with E-state index in [9.17, 15) is 26.3 Å². The first-order chi connectivity index (χ1) is 15.5. The zero-order valence-electron chi connectivity index (χ0n) is 16.7. The maximum Gasteiger partial charge on any atom is 0.573 e. The van der Waals surface area contributed by atoms with Gasteiger partial charge in [0, 0.05) is 7.05 Å². The Kier molecular flexibility index (Phi) is 5.64. The molecule has 1 atom stereocenters. The number of alkyl halides is 6. The van der Waals surface area contributed by atoms with Crippen LogP contribution in [0.3, 0.4) is 0 Å². The summed E-state index contributed by atoms with van der Waals surface area (Å²) in [6.45, 7) is 0. The van der Waals surface area contributed by atoms with Crippen LogP contribution in [0.15, 0.2) is 53.8 Å². The van der Waals surface area contributed by atoms with E-state index in [2.05, 4.69) is 20.0 Å². The van der Waals surface area contributed by atoms with Crippen molar-refractivity contribution in [3.63, 3.8) is 0 Å². The van der Waals surface area contributed by atoms with Crippen LogP contribution in [-0.4, -0.2) is 27.0 Å². The van der Waals surface area contributed by atoms with E-state index in [1.165, 1.54) is 37.5 Å². The number of rotatable bonds is 4. The fourth-order valence-corrected chi connectivity index (χ4v) is 3.05. The second-order valence-corrected chi connectivity index (χ2v) is 6.92. The van der Waals surface area contributed by atoms with Gasteiger partial charge in [-0.05, 0) is 35.9 Å². The number of hydrogen-bond donors (Lipinski definition) is 0. The highest BCUT2D eigenvalue weighted by atomic mass is 19.4. The minimum atomic E-state index is -4.78. The predicted molar refractivity (Wildman–Crippen MR) is 101 cm³/mol. The summed E-state index contributed by atoms with van der Waals surface area (Å²) in [5.41, 5.74) is -0.0226. The van der Waals surface area contributed by atoms with Gasteiger partial charge in [-0.25, -0.2) is 0 Å². The largest absolute Gasteiger partial charge is 0.573 e. The van der Waals surface area contributed by atoms with Gasteiger partial charge in [0.1, 0.15) is 11.5 Å².